The second-order valence-corrected chi connectivity index (χ2v) is 7.01. The summed E-state index contributed by atoms with van der Waals surface area (Å²) in [5.74, 6) is -4.33. The normalized spacial score (nSPS) is 22.2. The molecule has 3 rings (SSSR count). The van der Waals surface area contributed by atoms with Crippen LogP contribution in [0.5, 0.6) is 0 Å². The summed E-state index contributed by atoms with van der Waals surface area (Å²) in [6.45, 7) is 0.281. The molecular weight excluding hydrogens is 368 g/mol. The smallest absolute Gasteiger partial charge is 0.320 e. The van der Waals surface area contributed by atoms with Gasteiger partial charge in [0.15, 0.2) is 11.6 Å². The molecule has 2 heterocycles. The predicted octanol–water partition coefficient (Wildman–Crippen LogP) is 2.46. The first-order valence-electron chi connectivity index (χ1n) is 8.83. The molecule has 0 radical (unpaired) electrons. The van der Waals surface area contributed by atoms with Gasteiger partial charge >= 0.3 is 5.97 Å². The van der Waals surface area contributed by atoms with Crippen LogP contribution in [-0.4, -0.2) is 51.9 Å². The zero-order valence-corrected chi connectivity index (χ0v) is 15.5. The largest absolute Gasteiger partial charge is 0.480 e. The Labute approximate surface area is 161 Å². The van der Waals surface area contributed by atoms with Gasteiger partial charge in [0.25, 0.3) is 0 Å². The molecule has 1 saturated heterocycles. The Balaban J connectivity index is 1.92. The lowest BCUT2D eigenvalue weighted by Gasteiger charge is -2.29. The summed E-state index contributed by atoms with van der Waals surface area (Å²) in [6, 6.07) is 5.48. The Hall–Kier alpha value is -2.87. The van der Waals surface area contributed by atoms with Crippen LogP contribution < -0.4 is 0 Å². The molecule has 0 saturated carbocycles. The molecule has 28 heavy (non-hydrogen) atoms. The number of likely N-dealkylation sites (tertiary alicyclic amines) is 1. The molecule has 1 aromatic carbocycles. The van der Waals surface area contributed by atoms with Crippen molar-refractivity contribution in [2.24, 2.45) is 5.92 Å². The first kappa shape index (κ1) is 19.9. The highest BCUT2D eigenvalue weighted by Crippen LogP contribution is 2.42. The molecule has 1 N–H and O–H groups in total. The van der Waals surface area contributed by atoms with Gasteiger partial charge in [-0.05, 0) is 31.2 Å². The molecule has 148 valence electrons. The van der Waals surface area contributed by atoms with Gasteiger partial charge in [0.1, 0.15) is 6.04 Å². The molecule has 2 aromatic rings. The quantitative estimate of drug-likeness (QED) is 0.851. The summed E-state index contributed by atoms with van der Waals surface area (Å²) in [5, 5.41) is 9.50. The third-order valence-corrected chi connectivity index (χ3v) is 5.21. The first-order valence-corrected chi connectivity index (χ1v) is 8.83. The molecule has 1 aromatic heterocycles. The lowest BCUT2D eigenvalue weighted by molar-refractivity contribution is -0.142. The fraction of sp³-hybridized carbons (Fsp3) is 0.350. The highest BCUT2D eigenvalue weighted by molar-refractivity contribution is 5.83. The Morgan fingerprint density at radius 2 is 2.04 bits per heavy atom. The van der Waals surface area contributed by atoms with Crippen molar-refractivity contribution in [3.8, 4) is 0 Å². The molecule has 0 spiro atoms. The van der Waals surface area contributed by atoms with Crippen molar-refractivity contribution >= 4 is 11.9 Å². The molecule has 0 bridgehead atoms. The van der Waals surface area contributed by atoms with Crippen LogP contribution in [0.2, 0.25) is 0 Å². The van der Waals surface area contributed by atoms with E-state index in [1.807, 2.05) is 6.07 Å². The van der Waals surface area contributed by atoms with Crippen molar-refractivity contribution in [1.82, 2.24) is 14.8 Å². The zero-order valence-electron chi connectivity index (χ0n) is 15.5. The van der Waals surface area contributed by atoms with Crippen molar-refractivity contribution in [3.63, 3.8) is 0 Å². The Kier molecular flexibility index (Phi) is 5.69. The molecule has 1 amide bonds. The first-order chi connectivity index (χ1) is 13.3. The van der Waals surface area contributed by atoms with Gasteiger partial charge in [-0.2, -0.15) is 0 Å². The second-order valence-electron chi connectivity index (χ2n) is 7.01. The number of aliphatic carboxylic acids is 1. The maximum absolute atomic E-state index is 14.5. The molecule has 1 fully saturated rings. The van der Waals surface area contributed by atoms with Gasteiger partial charge in [-0.1, -0.05) is 18.2 Å². The number of nitrogens with zero attached hydrogens (tertiary/aromatic N) is 3. The summed E-state index contributed by atoms with van der Waals surface area (Å²) in [5.41, 5.74) is 0.798. The molecule has 1 aliphatic heterocycles. The van der Waals surface area contributed by atoms with Gasteiger partial charge in [-0.25, -0.2) is 8.78 Å². The van der Waals surface area contributed by atoms with Crippen LogP contribution in [0.25, 0.3) is 0 Å². The van der Waals surface area contributed by atoms with E-state index < -0.39 is 35.6 Å². The Morgan fingerprint density at radius 3 is 2.68 bits per heavy atom. The van der Waals surface area contributed by atoms with E-state index in [1.54, 1.807) is 25.5 Å². The molecule has 3 atom stereocenters. The number of carboxylic acids is 1. The third kappa shape index (κ3) is 3.73. The summed E-state index contributed by atoms with van der Waals surface area (Å²) in [4.78, 5) is 31.6. The summed E-state index contributed by atoms with van der Waals surface area (Å²) in [7, 11) is 3.12. The van der Waals surface area contributed by atoms with Crippen molar-refractivity contribution in [2.45, 2.75) is 25.0 Å². The lowest BCUT2D eigenvalue weighted by Crippen LogP contribution is -2.37. The van der Waals surface area contributed by atoms with Gasteiger partial charge in [0.2, 0.25) is 5.91 Å². The third-order valence-electron chi connectivity index (χ3n) is 5.21. The zero-order chi connectivity index (χ0) is 20.4. The summed E-state index contributed by atoms with van der Waals surface area (Å²) >= 11 is 0. The van der Waals surface area contributed by atoms with E-state index in [0.717, 1.165) is 11.6 Å². The van der Waals surface area contributed by atoms with Crippen LogP contribution in [0.4, 0.5) is 8.78 Å². The van der Waals surface area contributed by atoms with Crippen molar-refractivity contribution in [3.05, 3.63) is 65.5 Å². The Morgan fingerprint density at radius 1 is 1.29 bits per heavy atom. The van der Waals surface area contributed by atoms with Crippen LogP contribution in [0.1, 0.15) is 23.6 Å². The van der Waals surface area contributed by atoms with Gasteiger partial charge < -0.3 is 10.0 Å². The number of hydrogen-bond donors (Lipinski definition) is 1. The average Bonchev–Trinajstić information content (AvgIpc) is 3.01. The number of likely N-dealkylation sites (N-methyl/N-ethyl adjacent to an activating group) is 1. The van der Waals surface area contributed by atoms with Crippen LogP contribution >= 0.6 is 0 Å². The molecule has 1 aliphatic rings. The van der Waals surface area contributed by atoms with E-state index in [2.05, 4.69) is 4.98 Å². The van der Waals surface area contributed by atoms with Crippen molar-refractivity contribution in [1.29, 1.82) is 0 Å². The molecule has 6 nitrogen and oxygen atoms in total. The number of aromatic nitrogens is 1. The number of benzene rings is 1. The van der Waals surface area contributed by atoms with Gasteiger partial charge in [0, 0.05) is 31.5 Å². The van der Waals surface area contributed by atoms with E-state index in [0.29, 0.717) is 0 Å². The molecule has 0 unspecified atom stereocenters. The van der Waals surface area contributed by atoms with Crippen LogP contribution in [-0.2, 0) is 16.1 Å². The highest BCUT2D eigenvalue weighted by Gasteiger charge is 2.48. The summed E-state index contributed by atoms with van der Waals surface area (Å²) < 4.78 is 28.2. The number of carbonyl (C=O) groups excluding carboxylic acids is 1. The van der Waals surface area contributed by atoms with Gasteiger partial charge in [-0.15, -0.1) is 0 Å². The predicted molar refractivity (Wildman–Crippen MR) is 97.1 cm³/mol. The van der Waals surface area contributed by atoms with Crippen LogP contribution in [0.3, 0.4) is 0 Å². The summed E-state index contributed by atoms with van der Waals surface area (Å²) in [6.07, 6.45) is 3.27. The lowest BCUT2D eigenvalue weighted by atomic mass is 9.91. The van der Waals surface area contributed by atoms with E-state index in [9.17, 15) is 23.5 Å². The number of carbonyl (C=O) groups is 2. The Bertz CT molecular complexity index is 878. The van der Waals surface area contributed by atoms with Crippen molar-refractivity contribution in [2.75, 3.05) is 14.1 Å². The minimum absolute atomic E-state index is 0.0145. The van der Waals surface area contributed by atoms with E-state index in [-0.39, 0.29) is 24.4 Å². The minimum Gasteiger partial charge on any atom is -0.480 e. The van der Waals surface area contributed by atoms with Crippen LogP contribution in [0, 0.1) is 17.6 Å². The monoisotopic (exact) mass is 389 g/mol. The maximum atomic E-state index is 14.5. The maximum Gasteiger partial charge on any atom is 0.320 e. The molecule has 8 heteroatoms. The van der Waals surface area contributed by atoms with E-state index >= 15 is 0 Å². The average molecular weight is 389 g/mol. The van der Waals surface area contributed by atoms with Gasteiger partial charge in [-0.3, -0.25) is 19.5 Å². The number of hydrogen-bond acceptors (Lipinski definition) is 4. The number of halogens is 2. The number of rotatable bonds is 5. The minimum atomic E-state index is -1.10. The number of carboxylic acid groups (broad SMARTS) is 1. The second kappa shape index (κ2) is 8.02. The van der Waals surface area contributed by atoms with Crippen LogP contribution in [0.15, 0.2) is 42.7 Å². The number of pyridine rings is 1. The van der Waals surface area contributed by atoms with E-state index in [1.165, 1.54) is 29.0 Å². The number of amides is 1. The topological polar surface area (TPSA) is 73.7 Å². The standard InChI is InChI=1S/C20H21F2N3O3/c1-24(11-12-5-4-8-23-10-12)19(26)14-9-16(20(27)28)25(2)18(14)13-6-3-7-15(21)17(13)22/h3-8,10,14,16,18H,9,11H2,1-2H3,(H,27,28)/t14-,16-,18-/m1/s1. The fourth-order valence-corrected chi connectivity index (χ4v) is 3.84. The highest BCUT2D eigenvalue weighted by atomic mass is 19.2. The SMILES string of the molecule is CN(Cc1cccnc1)C(=O)[C@@H]1C[C@H](C(=O)O)N(C)[C@@H]1c1cccc(F)c1F. The molecular formula is C20H21F2N3O3. The van der Waals surface area contributed by atoms with Crippen molar-refractivity contribution < 1.29 is 23.5 Å². The fourth-order valence-electron chi connectivity index (χ4n) is 3.84. The van der Waals surface area contributed by atoms with E-state index in [4.69, 9.17) is 0 Å². The molecule has 0 aliphatic carbocycles. The van der Waals surface area contributed by atoms with Gasteiger partial charge in [0.05, 0.1) is 12.0 Å².